The van der Waals surface area contributed by atoms with Crippen LogP contribution in [0, 0.1) is 0 Å². The molecule has 1 N–H and O–H groups in total. The van der Waals surface area contributed by atoms with Crippen LogP contribution < -0.4 is 5.32 Å². The van der Waals surface area contributed by atoms with Crippen molar-refractivity contribution in [3.8, 4) is 0 Å². The molecule has 1 aromatic carbocycles. The number of rotatable bonds is 3. The summed E-state index contributed by atoms with van der Waals surface area (Å²) < 4.78 is 0. The molecule has 0 spiro atoms. The zero-order chi connectivity index (χ0) is 15.8. The number of carbonyl (C=O) groups excluding carboxylic acids is 1. The molecule has 4 heteroatoms. The van der Waals surface area contributed by atoms with E-state index in [1.54, 1.807) is 6.20 Å². The van der Waals surface area contributed by atoms with Crippen LogP contribution in [0.1, 0.15) is 66.8 Å². The SMILES string of the molecule is O=C(NC1CCCCC1)c1cnc2cc(C3CC3)c(Cl)cc2c1. The van der Waals surface area contributed by atoms with Gasteiger partial charge in [-0.25, -0.2) is 0 Å². The molecule has 2 fully saturated rings. The van der Waals surface area contributed by atoms with Crippen LogP contribution in [-0.2, 0) is 0 Å². The van der Waals surface area contributed by atoms with Gasteiger partial charge in [0.1, 0.15) is 0 Å². The van der Waals surface area contributed by atoms with Crippen molar-refractivity contribution >= 4 is 28.4 Å². The first-order chi connectivity index (χ1) is 11.2. The summed E-state index contributed by atoms with van der Waals surface area (Å²) in [5.74, 6) is 0.580. The summed E-state index contributed by atoms with van der Waals surface area (Å²) in [7, 11) is 0. The number of halogens is 1. The third kappa shape index (κ3) is 3.20. The summed E-state index contributed by atoms with van der Waals surface area (Å²) in [6, 6.07) is 6.25. The molecule has 1 heterocycles. The number of carbonyl (C=O) groups is 1. The summed E-state index contributed by atoms with van der Waals surface area (Å²) in [5, 5.41) is 4.88. The minimum absolute atomic E-state index is 0.0197. The summed E-state index contributed by atoms with van der Waals surface area (Å²) in [5.41, 5.74) is 2.75. The molecule has 0 bridgehead atoms. The molecule has 2 aromatic rings. The highest BCUT2D eigenvalue weighted by Gasteiger charge is 2.26. The van der Waals surface area contributed by atoms with E-state index in [1.165, 1.54) is 37.7 Å². The van der Waals surface area contributed by atoms with Crippen LogP contribution in [0.4, 0.5) is 0 Å². The number of nitrogens with zero attached hydrogens (tertiary/aromatic N) is 1. The van der Waals surface area contributed by atoms with Crippen LogP contribution in [0.15, 0.2) is 24.4 Å². The summed E-state index contributed by atoms with van der Waals surface area (Å²) >= 11 is 6.40. The number of amides is 1. The number of hydrogen-bond acceptors (Lipinski definition) is 2. The van der Waals surface area contributed by atoms with Crippen molar-refractivity contribution in [3.05, 3.63) is 40.5 Å². The highest BCUT2D eigenvalue weighted by atomic mass is 35.5. The fourth-order valence-electron chi connectivity index (χ4n) is 3.51. The highest BCUT2D eigenvalue weighted by molar-refractivity contribution is 6.32. The Morgan fingerprint density at radius 1 is 1.09 bits per heavy atom. The van der Waals surface area contributed by atoms with Crippen LogP contribution in [0.5, 0.6) is 0 Å². The van der Waals surface area contributed by atoms with Crippen molar-refractivity contribution in [2.24, 2.45) is 0 Å². The maximum atomic E-state index is 12.4. The van der Waals surface area contributed by atoms with Crippen molar-refractivity contribution in [2.45, 2.75) is 56.9 Å². The molecule has 0 atom stereocenters. The van der Waals surface area contributed by atoms with Gasteiger partial charge in [-0.05, 0) is 55.4 Å². The standard InChI is InChI=1S/C19H21ClN2O/c20-17-9-13-8-14(19(23)22-15-4-2-1-3-5-15)11-21-18(13)10-16(17)12-6-7-12/h8-12,15H,1-7H2,(H,22,23). The Bertz CT molecular complexity index is 748. The van der Waals surface area contributed by atoms with E-state index in [-0.39, 0.29) is 5.91 Å². The van der Waals surface area contributed by atoms with Crippen LogP contribution in [0.2, 0.25) is 5.02 Å². The van der Waals surface area contributed by atoms with E-state index in [4.69, 9.17) is 11.6 Å². The Morgan fingerprint density at radius 3 is 2.61 bits per heavy atom. The molecule has 0 saturated heterocycles. The van der Waals surface area contributed by atoms with Gasteiger partial charge in [0.25, 0.3) is 5.91 Å². The van der Waals surface area contributed by atoms with Gasteiger partial charge in [-0.2, -0.15) is 0 Å². The van der Waals surface area contributed by atoms with E-state index in [9.17, 15) is 4.79 Å². The van der Waals surface area contributed by atoms with E-state index in [2.05, 4.69) is 16.4 Å². The first-order valence-corrected chi connectivity index (χ1v) is 8.98. The highest BCUT2D eigenvalue weighted by Crippen LogP contribution is 2.44. The predicted octanol–water partition coefficient (Wildman–Crippen LogP) is 4.83. The monoisotopic (exact) mass is 328 g/mol. The lowest BCUT2D eigenvalue weighted by atomic mass is 9.95. The van der Waals surface area contributed by atoms with Gasteiger partial charge < -0.3 is 5.32 Å². The Labute approximate surface area is 141 Å². The molecule has 0 aliphatic heterocycles. The van der Waals surface area contributed by atoms with Gasteiger partial charge >= 0.3 is 0 Å². The van der Waals surface area contributed by atoms with Gasteiger partial charge in [-0.15, -0.1) is 0 Å². The maximum Gasteiger partial charge on any atom is 0.253 e. The van der Waals surface area contributed by atoms with Gasteiger partial charge in [0.2, 0.25) is 0 Å². The smallest absolute Gasteiger partial charge is 0.253 e. The average Bonchev–Trinajstić information content (AvgIpc) is 3.39. The van der Waals surface area contributed by atoms with E-state index >= 15 is 0 Å². The fraction of sp³-hybridized carbons (Fsp3) is 0.474. The molecule has 1 aromatic heterocycles. The minimum atomic E-state index is -0.0197. The normalized spacial score (nSPS) is 19.0. The summed E-state index contributed by atoms with van der Waals surface area (Å²) in [4.78, 5) is 16.9. The molecule has 2 saturated carbocycles. The van der Waals surface area contributed by atoms with Gasteiger partial charge in [-0.1, -0.05) is 30.9 Å². The molecule has 1 amide bonds. The zero-order valence-electron chi connectivity index (χ0n) is 13.1. The topological polar surface area (TPSA) is 42.0 Å². The molecule has 2 aliphatic rings. The second kappa shape index (κ2) is 6.12. The van der Waals surface area contributed by atoms with Gasteiger partial charge in [-0.3, -0.25) is 9.78 Å². The van der Waals surface area contributed by atoms with Crippen molar-refractivity contribution in [1.29, 1.82) is 0 Å². The second-order valence-electron chi connectivity index (χ2n) is 6.87. The Kier molecular flexibility index (Phi) is 3.98. The van der Waals surface area contributed by atoms with E-state index < -0.39 is 0 Å². The zero-order valence-corrected chi connectivity index (χ0v) is 13.9. The number of aromatic nitrogens is 1. The number of hydrogen-bond donors (Lipinski definition) is 1. The molecular weight excluding hydrogens is 308 g/mol. The third-order valence-corrected chi connectivity index (χ3v) is 5.35. The molecule has 120 valence electrons. The van der Waals surface area contributed by atoms with E-state index in [1.807, 2.05) is 12.1 Å². The average molecular weight is 329 g/mol. The van der Waals surface area contributed by atoms with Crippen molar-refractivity contribution in [3.63, 3.8) is 0 Å². The van der Waals surface area contributed by atoms with Crippen LogP contribution >= 0.6 is 11.6 Å². The molecule has 0 unspecified atom stereocenters. The molecule has 23 heavy (non-hydrogen) atoms. The van der Waals surface area contributed by atoms with Crippen molar-refractivity contribution in [1.82, 2.24) is 10.3 Å². The maximum absolute atomic E-state index is 12.4. The number of fused-ring (bicyclic) bond motifs is 1. The largest absolute Gasteiger partial charge is 0.349 e. The molecule has 2 aliphatic carbocycles. The van der Waals surface area contributed by atoms with Crippen LogP contribution in [0.25, 0.3) is 10.9 Å². The van der Waals surface area contributed by atoms with Gasteiger partial charge in [0, 0.05) is 22.6 Å². The first kappa shape index (κ1) is 14.9. The van der Waals surface area contributed by atoms with Gasteiger partial charge in [0.05, 0.1) is 11.1 Å². The van der Waals surface area contributed by atoms with Crippen molar-refractivity contribution < 1.29 is 4.79 Å². The summed E-state index contributed by atoms with van der Waals surface area (Å²) in [6.07, 6.45) is 9.99. The van der Waals surface area contributed by atoms with Crippen LogP contribution in [0.3, 0.4) is 0 Å². The summed E-state index contributed by atoms with van der Waals surface area (Å²) in [6.45, 7) is 0. The number of pyridine rings is 1. The lowest BCUT2D eigenvalue weighted by molar-refractivity contribution is 0.0927. The second-order valence-corrected chi connectivity index (χ2v) is 7.28. The molecule has 0 radical (unpaired) electrons. The third-order valence-electron chi connectivity index (χ3n) is 5.02. The molecular formula is C19H21ClN2O. The lowest BCUT2D eigenvalue weighted by Crippen LogP contribution is -2.36. The predicted molar refractivity (Wildman–Crippen MR) is 93.1 cm³/mol. The molecule has 4 rings (SSSR count). The lowest BCUT2D eigenvalue weighted by Gasteiger charge is -2.22. The van der Waals surface area contributed by atoms with Crippen LogP contribution in [-0.4, -0.2) is 16.9 Å². The number of nitrogens with one attached hydrogen (secondary N) is 1. The minimum Gasteiger partial charge on any atom is -0.349 e. The fourth-order valence-corrected chi connectivity index (χ4v) is 3.84. The Hall–Kier alpha value is -1.61. The Balaban J connectivity index is 1.57. The first-order valence-electron chi connectivity index (χ1n) is 8.61. The quantitative estimate of drug-likeness (QED) is 0.877. The Morgan fingerprint density at radius 2 is 1.87 bits per heavy atom. The van der Waals surface area contributed by atoms with Crippen molar-refractivity contribution in [2.75, 3.05) is 0 Å². The van der Waals surface area contributed by atoms with E-state index in [0.717, 1.165) is 28.8 Å². The molecule has 3 nitrogen and oxygen atoms in total. The van der Waals surface area contributed by atoms with E-state index in [0.29, 0.717) is 17.5 Å². The van der Waals surface area contributed by atoms with Gasteiger partial charge in [0.15, 0.2) is 0 Å². The number of benzene rings is 1.